The summed E-state index contributed by atoms with van der Waals surface area (Å²) in [6, 6.07) is 12.0. The highest BCUT2D eigenvalue weighted by molar-refractivity contribution is 7.89. The van der Waals surface area contributed by atoms with Gasteiger partial charge >= 0.3 is 0 Å². The molecular formula is C23H32N4O3S. The molecule has 1 atom stereocenters. The fraction of sp³-hybridized carbons (Fsp3) is 0.435. The Morgan fingerprint density at radius 3 is 2.45 bits per heavy atom. The summed E-state index contributed by atoms with van der Waals surface area (Å²) in [6.45, 7) is 5.64. The van der Waals surface area contributed by atoms with Gasteiger partial charge in [-0.3, -0.25) is 4.79 Å². The molecular weight excluding hydrogens is 412 g/mol. The lowest BCUT2D eigenvalue weighted by molar-refractivity contribution is 0.102. The third-order valence-corrected chi connectivity index (χ3v) is 7.39. The van der Waals surface area contributed by atoms with E-state index < -0.39 is 10.0 Å². The molecule has 2 aromatic carbocycles. The highest BCUT2D eigenvalue weighted by Crippen LogP contribution is 2.29. The number of benzene rings is 2. The van der Waals surface area contributed by atoms with E-state index in [1.807, 2.05) is 46.1 Å². The molecule has 0 aliphatic carbocycles. The Kier molecular flexibility index (Phi) is 7.35. The van der Waals surface area contributed by atoms with Crippen molar-refractivity contribution in [3.05, 3.63) is 53.6 Å². The summed E-state index contributed by atoms with van der Waals surface area (Å²) in [6.07, 6.45) is 1.91. The molecule has 0 aromatic heterocycles. The molecule has 7 nitrogen and oxygen atoms in total. The first-order chi connectivity index (χ1) is 14.7. The van der Waals surface area contributed by atoms with Crippen molar-refractivity contribution in [3.63, 3.8) is 0 Å². The van der Waals surface area contributed by atoms with Crippen molar-refractivity contribution in [1.82, 2.24) is 10.0 Å². The number of anilines is 2. The average Bonchev–Trinajstić information content (AvgIpc) is 2.74. The summed E-state index contributed by atoms with van der Waals surface area (Å²) in [5.74, 6) is 0.0893. The van der Waals surface area contributed by atoms with Crippen LogP contribution in [-0.2, 0) is 10.0 Å². The van der Waals surface area contributed by atoms with Crippen LogP contribution in [0.5, 0.6) is 0 Å². The van der Waals surface area contributed by atoms with E-state index in [4.69, 9.17) is 0 Å². The van der Waals surface area contributed by atoms with Gasteiger partial charge in [0.05, 0.1) is 16.3 Å². The molecule has 2 aromatic rings. The Bertz CT molecular complexity index is 1030. The number of hydrogen-bond donors (Lipinski definition) is 3. The number of amides is 1. The maximum atomic E-state index is 13.0. The van der Waals surface area contributed by atoms with Crippen LogP contribution in [0, 0.1) is 12.8 Å². The van der Waals surface area contributed by atoms with E-state index in [2.05, 4.69) is 15.4 Å². The standard InChI is InChI=1S/C23H32N4O3S/c1-16-7-5-6-8-20(16)23(28)25-21-10-9-19(15-22(21)27(3)4)31(29,30)26-17(2)18-11-13-24-14-12-18/h5-10,15,17-18,24,26H,11-14H2,1-4H3,(H,25,28). The number of nitrogens with one attached hydrogen (secondary N) is 3. The molecule has 1 amide bonds. The topological polar surface area (TPSA) is 90.5 Å². The predicted octanol–water partition coefficient (Wildman–Crippen LogP) is 2.98. The number of hydrogen-bond acceptors (Lipinski definition) is 5. The first-order valence-corrected chi connectivity index (χ1v) is 12.1. The number of sulfonamides is 1. The molecule has 1 fully saturated rings. The Morgan fingerprint density at radius 1 is 1.13 bits per heavy atom. The minimum absolute atomic E-state index is 0.143. The molecule has 1 aliphatic rings. The summed E-state index contributed by atoms with van der Waals surface area (Å²) >= 11 is 0. The van der Waals surface area contributed by atoms with Crippen LogP contribution in [0.1, 0.15) is 35.7 Å². The van der Waals surface area contributed by atoms with Crippen LogP contribution in [-0.4, -0.2) is 47.6 Å². The first-order valence-electron chi connectivity index (χ1n) is 10.6. The smallest absolute Gasteiger partial charge is 0.255 e. The monoisotopic (exact) mass is 444 g/mol. The fourth-order valence-corrected chi connectivity index (χ4v) is 5.26. The van der Waals surface area contributed by atoms with Crippen LogP contribution >= 0.6 is 0 Å². The van der Waals surface area contributed by atoms with E-state index in [1.54, 1.807) is 23.1 Å². The molecule has 1 aliphatic heterocycles. The molecule has 1 unspecified atom stereocenters. The van der Waals surface area contributed by atoms with Gasteiger partial charge in [-0.1, -0.05) is 18.2 Å². The number of piperidine rings is 1. The van der Waals surface area contributed by atoms with Gasteiger partial charge in [0.15, 0.2) is 0 Å². The Morgan fingerprint density at radius 2 is 1.81 bits per heavy atom. The van der Waals surface area contributed by atoms with Gasteiger partial charge in [-0.25, -0.2) is 13.1 Å². The second-order valence-electron chi connectivity index (χ2n) is 8.34. The third-order valence-electron chi connectivity index (χ3n) is 5.83. The first kappa shape index (κ1) is 23.2. The summed E-state index contributed by atoms with van der Waals surface area (Å²) in [7, 11) is -0.0394. The van der Waals surface area contributed by atoms with Crippen molar-refractivity contribution in [2.24, 2.45) is 5.92 Å². The zero-order valence-electron chi connectivity index (χ0n) is 18.6. The van der Waals surface area contributed by atoms with E-state index >= 15 is 0 Å². The predicted molar refractivity (Wildman–Crippen MR) is 125 cm³/mol. The molecule has 0 radical (unpaired) electrons. The van der Waals surface area contributed by atoms with E-state index in [0.717, 1.165) is 31.5 Å². The van der Waals surface area contributed by atoms with Crippen LogP contribution in [0.25, 0.3) is 0 Å². The van der Waals surface area contributed by atoms with Gasteiger partial charge in [-0.05, 0) is 75.5 Å². The molecule has 1 heterocycles. The van der Waals surface area contributed by atoms with Crippen molar-refractivity contribution in [1.29, 1.82) is 0 Å². The van der Waals surface area contributed by atoms with Gasteiger partial charge in [0.1, 0.15) is 0 Å². The zero-order valence-corrected chi connectivity index (χ0v) is 19.4. The molecule has 8 heteroatoms. The highest BCUT2D eigenvalue weighted by atomic mass is 32.2. The Hall–Kier alpha value is -2.42. The fourth-order valence-electron chi connectivity index (χ4n) is 3.92. The summed E-state index contributed by atoms with van der Waals surface area (Å²) in [5.41, 5.74) is 2.64. The SMILES string of the molecule is Cc1ccccc1C(=O)Nc1ccc(S(=O)(=O)NC(C)C2CCNCC2)cc1N(C)C. The minimum atomic E-state index is -3.68. The van der Waals surface area contributed by atoms with Gasteiger partial charge in [0.2, 0.25) is 10.0 Å². The van der Waals surface area contributed by atoms with E-state index in [0.29, 0.717) is 22.9 Å². The summed E-state index contributed by atoms with van der Waals surface area (Å²) in [4.78, 5) is 14.7. The van der Waals surface area contributed by atoms with Crippen LogP contribution in [0.3, 0.4) is 0 Å². The van der Waals surface area contributed by atoms with Crippen LogP contribution in [0.4, 0.5) is 11.4 Å². The maximum Gasteiger partial charge on any atom is 0.255 e. The van der Waals surface area contributed by atoms with Crippen molar-refractivity contribution in [2.45, 2.75) is 37.6 Å². The molecule has 0 spiro atoms. The molecule has 31 heavy (non-hydrogen) atoms. The zero-order chi connectivity index (χ0) is 22.6. The highest BCUT2D eigenvalue weighted by Gasteiger charge is 2.26. The van der Waals surface area contributed by atoms with Crippen molar-refractivity contribution in [3.8, 4) is 0 Å². The van der Waals surface area contributed by atoms with Crippen molar-refractivity contribution < 1.29 is 13.2 Å². The number of aryl methyl sites for hydroxylation is 1. The maximum absolute atomic E-state index is 13.0. The third kappa shape index (κ3) is 5.64. The van der Waals surface area contributed by atoms with Gasteiger partial charge < -0.3 is 15.5 Å². The summed E-state index contributed by atoms with van der Waals surface area (Å²) < 4.78 is 28.9. The lowest BCUT2D eigenvalue weighted by atomic mass is 9.92. The summed E-state index contributed by atoms with van der Waals surface area (Å²) in [5, 5.41) is 6.22. The number of carbonyl (C=O) groups is 1. The van der Waals surface area contributed by atoms with Crippen LogP contribution in [0.2, 0.25) is 0 Å². The van der Waals surface area contributed by atoms with E-state index in [9.17, 15) is 13.2 Å². The number of carbonyl (C=O) groups excluding carboxylic acids is 1. The number of nitrogens with zero attached hydrogens (tertiary/aromatic N) is 1. The number of rotatable bonds is 7. The minimum Gasteiger partial charge on any atom is -0.376 e. The van der Waals surface area contributed by atoms with Crippen LogP contribution < -0.4 is 20.3 Å². The normalized spacial score (nSPS) is 16.0. The Labute approximate surface area is 185 Å². The van der Waals surface area contributed by atoms with E-state index in [-0.39, 0.29) is 16.8 Å². The van der Waals surface area contributed by atoms with Crippen molar-refractivity contribution >= 4 is 27.3 Å². The largest absolute Gasteiger partial charge is 0.376 e. The Balaban J connectivity index is 1.82. The van der Waals surface area contributed by atoms with Gasteiger partial charge in [0.25, 0.3) is 5.91 Å². The molecule has 168 valence electrons. The van der Waals surface area contributed by atoms with E-state index in [1.165, 1.54) is 6.07 Å². The van der Waals surface area contributed by atoms with Gasteiger partial charge in [0, 0.05) is 25.7 Å². The molecule has 0 saturated carbocycles. The molecule has 1 saturated heterocycles. The molecule has 3 rings (SSSR count). The van der Waals surface area contributed by atoms with Crippen molar-refractivity contribution in [2.75, 3.05) is 37.4 Å². The van der Waals surface area contributed by atoms with Crippen LogP contribution in [0.15, 0.2) is 47.4 Å². The lowest BCUT2D eigenvalue weighted by Crippen LogP contribution is -2.42. The second kappa shape index (κ2) is 9.80. The van der Waals surface area contributed by atoms with Gasteiger partial charge in [-0.15, -0.1) is 0 Å². The lowest BCUT2D eigenvalue weighted by Gasteiger charge is -2.28. The average molecular weight is 445 g/mol. The quantitative estimate of drug-likeness (QED) is 0.611. The second-order valence-corrected chi connectivity index (χ2v) is 10.1. The molecule has 0 bridgehead atoms. The van der Waals surface area contributed by atoms with Gasteiger partial charge in [-0.2, -0.15) is 0 Å². The molecule has 3 N–H and O–H groups in total.